The highest BCUT2D eigenvalue weighted by Crippen LogP contribution is 2.39. The van der Waals surface area contributed by atoms with E-state index in [1.165, 1.54) is 16.3 Å². The van der Waals surface area contributed by atoms with E-state index in [1.54, 1.807) is 6.92 Å². The van der Waals surface area contributed by atoms with Crippen LogP contribution in [0.3, 0.4) is 0 Å². The lowest BCUT2D eigenvalue weighted by molar-refractivity contribution is -0.125. The third-order valence-corrected chi connectivity index (χ3v) is 4.33. The van der Waals surface area contributed by atoms with E-state index < -0.39 is 0 Å². The summed E-state index contributed by atoms with van der Waals surface area (Å²) in [6.45, 7) is 3.05. The molecule has 1 fully saturated rings. The number of fused-ring (bicyclic) bond motifs is 1. The van der Waals surface area contributed by atoms with Crippen LogP contribution >= 0.6 is 0 Å². The van der Waals surface area contributed by atoms with E-state index in [0.717, 1.165) is 12.8 Å². The SMILES string of the molecule is CC(=O)C1(c2cccc3ccccc23)CCOCC1. The molecule has 0 unspecified atom stereocenters. The molecule has 2 aromatic carbocycles. The van der Waals surface area contributed by atoms with Gasteiger partial charge < -0.3 is 4.74 Å². The largest absolute Gasteiger partial charge is 0.381 e. The van der Waals surface area contributed by atoms with Gasteiger partial charge in [-0.1, -0.05) is 42.5 Å². The molecular weight excluding hydrogens is 236 g/mol. The van der Waals surface area contributed by atoms with Gasteiger partial charge in [0.25, 0.3) is 0 Å². The van der Waals surface area contributed by atoms with Gasteiger partial charge in [-0.3, -0.25) is 4.79 Å². The Labute approximate surface area is 113 Å². The summed E-state index contributed by atoms with van der Waals surface area (Å²) in [5, 5.41) is 2.40. The van der Waals surface area contributed by atoms with Crippen molar-refractivity contribution >= 4 is 16.6 Å². The number of benzene rings is 2. The molecule has 0 radical (unpaired) electrons. The van der Waals surface area contributed by atoms with Crippen LogP contribution in [0.5, 0.6) is 0 Å². The van der Waals surface area contributed by atoms with E-state index in [1.807, 2.05) is 12.1 Å². The molecule has 2 heteroatoms. The van der Waals surface area contributed by atoms with Crippen molar-refractivity contribution in [2.24, 2.45) is 0 Å². The molecule has 98 valence electrons. The van der Waals surface area contributed by atoms with Gasteiger partial charge in [0.15, 0.2) is 0 Å². The monoisotopic (exact) mass is 254 g/mol. The molecule has 0 N–H and O–H groups in total. The molecule has 3 rings (SSSR count). The summed E-state index contributed by atoms with van der Waals surface area (Å²) in [5.41, 5.74) is 0.806. The molecular formula is C17H18O2. The molecule has 0 spiro atoms. The maximum atomic E-state index is 12.3. The van der Waals surface area contributed by atoms with Gasteiger partial charge in [0.05, 0.1) is 5.41 Å². The maximum absolute atomic E-state index is 12.3. The Morgan fingerprint density at radius 2 is 1.74 bits per heavy atom. The number of hydrogen-bond donors (Lipinski definition) is 0. The summed E-state index contributed by atoms with van der Waals surface area (Å²) in [4.78, 5) is 12.3. The minimum atomic E-state index is -0.362. The molecule has 0 saturated carbocycles. The van der Waals surface area contributed by atoms with Gasteiger partial charge in [-0.25, -0.2) is 0 Å². The van der Waals surface area contributed by atoms with Crippen molar-refractivity contribution < 1.29 is 9.53 Å². The molecule has 2 aromatic rings. The normalized spacial score (nSPS) is 18.4. The predicted molar refractivity (Wildman–Crippen MR) is 76.4 cm³/mol. The number of hydrogen-bond acceptors (Lipinski definition) is 2. The lowest BCUT2D eigenvalue weighted by Gasteiger charge is -2.36. The van der Waals surface area contributed by atoms with Gasteiger partial charge in [0, 0.05) is 13.2 Å². The van der Waals surface area contributed by atoms with E-state index in [9.17, 15) is 4.79 Å². The minimum Gasteiger partial charge on any atom is -0.381 e. The fourth-order valence-corrected chi connectivity index (χ4v) is 3.17. The van der Waals surface area contributed by atoms with E-state index in [4.69, 9.17) is 4.74 Å². The summed E-state index contributed by atoms with van der Waals surface area (Å²) in [6, 6.07) is 14.6. The number of ether oxygens (including phenoxy) is 1. The quantitative estimate of drug-likeness (QED) is 0.820. The summed E-state index contributed by atoms with van der Waals surface area (Å²) < 4.78 is 5.46. The van der Waals surface area contributed by atoms with Gasteiger partial charge in [-0.05, 0) is 36.1 Å². The van der Waals surface area contributed by atoms with Gasteiger partial charge in [0.1, 0.15) is 5.78 Å². The highest BCUT2D eigenvalue weighted by Gasteiger charge is 2.39. The van der Waals surface area contributed by atoms with Crippen molar-refractivity contribution in [1.29, 1.82) is 0 Å². The fourth-order valence-electron chi connectivity index (χ4n) is 3.17. The molecule has 0 aromatic heterocycles. The zero-order valence-electron chi connectivity index (χ0n) is 11.2. The first-order valence-corrected chi connectivity index (χ1v) is 6.81. The van der Waals surface area contributed by atoms with Crippen molar-refractivity contribution in [2.75, 3.05) is 13.2 Å². The van der Waals surface area contributed by atoms with Gasteiger partial charge in [-0.2, -0.15) is 0 Å². The minimum absolute atomic E-state index is 0.257. The van der Waals surface area contributed by atoms with E-state index in [0.29, 0.717) is 13.2 Å². The first kappa shape index (κ1) is 12.4. The van der Waals surface area contributed by atoms with E-state index >= 15 is 0 Å². The highest BCUT2D eigenvalue weighted by atomic mass is 16.5. The van der Waals surface area contributed by atoms with Crippen LogP contribution < -0.4 is 0 Å². The zero-order chi connectivity index (χ0) is 13.3. The number of Topliss-reactive ketones (excluding diaryl/α,β-unsaturated/α-hetero) is 1. The van der Waals surface area contributed by atoms with Crippen LogP contribution in [-0.2, 0) is 14.9 Å². The average Bonchev–Trinajstić information content (AvgIpc) is 2.47. The lowest BCUT2D eigenvalue weighted by Crippen LogP contribution is -2.40. The van der Waals surface area contributed by atoms with Crippen molar-refractivity contribution in [3.63, 3.8) is 0 Å². The number of carbonyl (C=O) groups excluding carboxylic acids is 1. The lowest BCUT2D eigenvalue weighted by atomic mass is 9.70. The predicted octanol–water partition coefficient (Wildman–Crippen LogP) is 3.48. The molecule has 2 nitrogen and oxygen atoms in total. The first-order chi connectivity index (χ1) is 9.24. The molecule has 1 saturated heterocycles. The summed E-state index contributed by atoms with van der Waals surface area (Å²) in [5.74, 6) is 0.257. The van der Waals surface area contributed by atoms with E-state index in [-0.39, 0.29) is 11.2 Å². The maximum Gasteiger partial charge on any atom is 0.140 e. The Morgan fingerprint density at radius 1 is 1.05 bits per heavy atom. The van der Waals surface area contributed by atoms with Crippen LogP contribution in [0.1, 0.15) is 25.3 Å². The van der Waals surface area contributed by atoms with Crippen molar-refractivity contribution in [3.8, 4) is 0 Å². The Hall–Kier alpha value is -1.67. The van der Waals surface area contributed by atoms with Crippen LogP contribution in [-0.4, -0.2) is 19.0 Å². The Morgan fingerprint density at radius 3 is 2.47 bits per heavy atom. The molecule has 0 amide bonds. The Kier molecular flexibility index (Phi) is 3.11. The fraction of sp³-hybridized carbons (Fsp3) is 0.353. The highest BCUT2D eigenvalue weighted by molar-refractivity contribution is 5.96. The number of ketones is 1. The number of carbonyl (C=O) groups is 1. The van der Waals surface area contributed by atoms with Gasteiger partial charge >= 0.3 is 0 Å². The Bertz CT molecular complexity index is 604. The molecule has 0 aliphatic carbocycles. The topological polar surface area (TPSA) is 26.3 Å². The molecule has 1 aliphatic rings. The van der Waals surface area contributed by atoms with Gasteiger partial charge in [-0.15, -0.1) is 0 Å². The van der Waals surface area contributed by atoms with Crippen LogP contribution in [0.4, 0.5) is 0 Å². The molecule has 0 atom stereocenters. The third kappa shape index (κ3) is 1.96. The van der Waals surface area contributed by atoms with E-state index in [2.05, 4.69) is 30.3 Å². The van der Waals surface area contributed by atoms with Crippen molar-refractivity contribution in [2.45, 2.75) is 25.2 Å². The molecule has 19 heavy (non-hydrogen) atoms. The average molecular weight is 254 g/mol. The van der Waals surface area contributed by atoms with Crippen LogP contribution in [0.2, 0.25) is 0 Å². The van der Waals surface area contributed by atoms with Crippen LogP contribution in [0, 0.1) is 0 Å². The summed E-state index contributed by atoms with van der Waals surface area (Å²) >= 11 is 0. The second-order valence-electron chi connectivity index (χ2n) is 5.28. The second-order valence-corrected chi connectivity index (χ2v) is 5.28. The van der Waals surface area contributed by atoms with Crippen LogP contribution in [0.15, 0.2) is 42.5 Å². The standard InChI is InChI=1S/C17H18O2/c1-13(18)17(9-11-19-12-10-17)16-8-4-6-14-5-2-3-7-15(14)16/h2-8H,9-12H2,1H3. The zero-order valence-corrected chi connectivity index (χ0v) is 11.2. The molecule has 0 bridgehead atoms. The van der Waals surface area contributed by atoms with Crippen molar-refractivity contribution in [3.05, 3.63) is 48.0 Å². The molecule has 1 aliphatic heterocycles. The number of rotatable bonds is 2. The third-order valence-electron chi connectivity index (χ3n) is 4.33. The summed E-state index contributed by atoms with van der Waals surface area (Å²) in [7, 11) is 0. The van der Waals surface area contributed by atoms with Crippen molar-refractivity contribution in [1.82, 2.24) is 0 Å². The first-order valence-electron chi connectivity index (χ1n) is 6.81. The smallest absolute Gasteiger partial charge is 0.140 e. The summed E-state index contributed by atoms with van der Waals surface area (Å²) in [6.07, 6.45) is 1.58. The Balaban J connectivity index is 2.23. The van der Waals surface area contributed by atoms with Gasteiger partial charge in [0.2, 0.25) is 0 Å². The molecule has 1 heterocycles. The van der Waals surface area contributed by atoms with Crippen LogP contribution in [0.25, 0.3) is 10.8 Å². The second kappa shape index (κ2) is 4.78.